The van der Waals surface area contributed by atoms with Gasteiger partial charge >= 0.3 is 12.1 Å². The Morgan fingerprint density at radius 2 is 2.08 bits per heavy atom. The Hall–Kier alpha value is -1.60. The van der Waals surface area contributed by atoms with Crippen molar-refractivity contribution in [3.05, 3.63) is 12.2 Å². The Balaban J connectivity index is 1.73. The second-order valence-electron chi connectivity index (χ2n) is 7.66. The maximum absolute atomic E-state index is 12.1. The van der Waals surface area contributed by atoms with Gasteiger partial charge in [-0.25, -0.2) is 4.79 Å². The standard InChI is InChI=1S/C19H29NO6/c1-13-6-4-2-3-5-7-17(21)25-15-10-14(9-8-13)26-19(23,11-15)16-12-24-18(22)20-16/h4,6,13-16,23H,2-3,5,7-12H2,1H3,(H,20,22)/b6-4-/t13-,14-,15-,16+,19-/m1/s1. The Kier molecular flexibility index (Phi) is 6.19. The molecule has 3 aliphatic rings. The van der Waals surface area contributed by atoms with E-state index in [0.29, 0.717) is 18.8 Å². The van der Waals surface area contributed by atoms with E-state index in [9.17, 15) is 14.7 Å². The average molecular weight is 367 g/mol. The van der Waals surface area contributed by atoms with Gasteiger partial charge in [-0.3, -0.25) is 4.79 Å². The quantitative estimate of drug-likeness (QED) is 0.546. The molecule has 7 nitrogen and oxygen atoms in total. The van der Waals surface area contributed by atoms with Crippen LogP contribution in [-0.2, 0) is 19.0 Å². The lowest BCUT2D eigenvalue weighted by atomic mass is 9.90. The van der Waals surface area contributed by atoms with Crippen LogP contribution in [0.15, 0.2) is 12.2 Å². The Morgan fingerprint density at radius 3 is 2.85 bits per heavy atom. The first kappa shape index (κ1) is 19.2. The summed E-state index contributed by atoms with van der Waals surface area (Å²) in [6.07, 6.45) is 8.65. The lowest BCUT2D eigenvalue weighted by molar-refractivity contribution is -0.286. The molecule has 2 fully saturated rings. The Labute approximate surface area is 154 Å². The van der Waals surface area contributed by atoms with Gasteiger partial charge in [0.15, 0.2) is 5.79 Å². The molecule has 0 aromatic rings. The number of nitrogens with one attached hydrogen (secondary N) is 1. The molecule has 3 rings (SSSR count). The highest BCUT2D eigenvalue weighted by molar-refractivity contribution is 5.70. The van der Waals surface area contributed by atoms with Crippen LogP contribution in [-0.4, -0.2) is 47.8 Å². The fourth-order valence-corrected chi connectivity index (χ4v) is 3.86. The molecule has 7 heteroatoms. The molecule has 2 N–H and O–H groups in total. The van der Waals surface area contributed by atoms with Crippen molar-refractivity contribution in [1.82, 2.24) is 5.32 Å². The summed E-state index contributed by atoms with van der Waals surface area (Å²) in [7, 11) is 0. The predicted octanol–water partition coefficient (Wildman–Crippen LogP) is 2.42. The second-order valence-corrected chi connectivity index (χ2v) is 7.66. The maximum Gasteiger partial charge on any atom is 0.407 e. The number of amides is 1. The van der Waals surface area contributed by atoms with Gasteiger partial charge in [0.1, 0.15) is 18.8 Å². The SMILES string of the molecule is C[C@@H]1/C=C\CCCCC(=O)O[C@@H]2C[C@@H](CC1)O[C@@](O)([C@@H]1COC(=O)N1)C2. The summed E-state index contributed by atoms with van der Waals surface area (Å²) in [6, 6.07) is -0.657. The van der Waals surface area contributed by atoms with Gasteiger partial charge in [-0.05, 0) is 38.0 Å². The van der Waals surface area contributed by atoms with Crippen molar-refractivity contribution in [1.29, 1.82) is 0 Å². The van der Waals surface area contributed by atoms with E-state index in [4.69, 9.17) is 14.2 Å². The molecule has 5 atom stereocenters. The normalized spacial score (nSPS) is 40.7. The van der Waals surface area contributed by atoms with Crippen molar-refractivity contribution in [2.45, 2.75) is 82.3 Å². The van der Waals surface area contributed by atoms with Gasteiger partial charge in [-0.1, -0.05) is 19.1 Å². The number of carbonyl (C=O) groups excluding carboxylic acids is 2. The summed E-state index contributed by atoms with van der Waals surface area (Å²) in [5.41, 5.74) is 0. The fraction of sp³-hybridized carbons (Fsp3) is 0.789. The molecule has 3 aliphatic heterocycles. The predicted molar refractivity (Wildman–Crippen MR) is 93.2 cm³/mol. The number of carbonyl (C=O) groups is 2. The third kappa shape index (κ3) is 4.98. The number of aliphatic hydroxyl groups is 1. The highest BCUT2D eigenvalue weighted by Crippen LogP contribution is 2.35. The summed E-state index contributed by atoms with van der Waals surface area (Å²) in [4.78, 5) is 23.5. The van der Waals surface area contributed by atoms with Crippen molar-refractivity contribution < 1.29 is 28.9 Å². The number of fused-ring (bicyclic) bond motifs is 2. The van der Waals surface area contributed by atoms with Crippen molar-refractivity contribution >= 4 is 12.1 Å². The number of rotatable bonds is 1. The molecule has 146 valence electrons. The number of cyclic esters (lactones) is 1. The zero-order chi connectivity index (χ0) is 18.6. The van der Waals surface area contributed by atoms with Crippen LogP contribution in [0.4, 0.5) is 4.79 Å². The average Bonchev–Trinajstić information content (AvgIpc) is 3.02. The lowest BCUT2D eigenvalue weighted by Gasteiger charge is -2.43. The number of hydrogen-bond donors (Lipinski definition) is 2. The number of hydrogen-bond acceptors (Lipinski definition) is 6. The molecule has 1 amide bonds. The third-order valence-electron chi connectivity index (χ3n) is 5.34. The number of ether oxygens (including phenoxy) is 3. The smallest absolute Gasteiger partial charge is 0.407 e. The highest BCUT2D eigenvalue weighted by Gasteiger charge is 2.50. The van der Waals surface area contributed by atoms with Crippen LogP contribution in [0.1, 0.15) is 58.3 Å². The van der Waals surface area contributed by atoms with Crippen molar-refractivity contribution in [2.75, 3.05) is 6.61 Å². The molecular formula is C19H29NO6. The Bertz CT molecular complexity index is 550. The van der Waals surface area contributed by atoms with Gasteiger partial charge in [0, 0.05) is 19.3 Å². The van der Waals surface area contributed by atoms with Gasteiger partial charge in [0.25, 0.3) is 0 Å². The molecule has 0 aliphatic carbocycles. The molecular weight excluding hydrogens is 338 g/mol. The summed E-state index contributed by atoms with van der Waals surface area (Å²) < 4.78 is 16.5. The summed E-state index contributed by atoms with van der Waals surface area (Å²) in [6.45, 7) is 2.21. The molecule has 0 saturated carbocycles. The van der Waals surface area contributed by atoms with Gasteiger partial charge in [-0.15, -0.1) is 0 Å². The molecule has 0 unspecified atom stereocenters. The minimum Gasteiger partial charge on any atom is -0.462 e. The first-order valence-electron chi connectivity index (χ1n) is 9.64. The third-order valence-corrected chi connectivity index (χ3v) is 5.34. The molecule has 26 heavy (non-hydrogen) atoms. The van der Waals surface area contributed by atoms with E-state index < -0.39 is 24.0 Å². The van der Waals surface area contributed by atoms with Gasteiger partial charge in [0.05, 0.1) is 6.10 Å². The maximum atomic E-state index is 12.1. The van der Waals surface area contributed by atoms with Gasteiger partial charge in [-0.2, -0.15) is 0 Å². The van der Waals surface area contributed by atoms with E-state index >= 15 is 0 Å². The van der Waals surface area contributed by atoms with Crippen LogP contribution in [0.5, 0.6) is 0 Å². The molecule has 0 spiro atoms. The largest absolute Gasteiger partial charge is 0.462 e. The molecule has 0 aromatic carbocycles. The monoisotopic (exact) mass is 367 g/mol. The molecule has 0 radical (unpaired) electrons. The van der Waals surface area contributed by atoms with Crippen molar-refractivity contribution in [3.8, 4) is 0 Å². The topological polar surface area (TPSA) is 94.1 Å². The summed E-state index contributed by atoms with van der Waals surface area (Å²) in [5, 5.41) is 13.6. The van der Waals surface area contributed by atoms with E-state index in [0.717, 1.165) is 32.1 Å². The van der Waals surface area contributed by atoms with Gasteiger partial charge < -0.3 is 24.6 Å². The lowest BCUT2D eigenvalue weighted by Crippen LogP contribution is -2.58. The molecule has 0 aromatic heterocycles. The first-order valence-corrected chi connectivity index (χ1v) is 9.64. The van der Waals surface area contributed by atoms with E-state index in [-0.39, 0.29) is 25.1 Å². The fourth-order valence-electron chi connectivity index (χ4n) is 3.86. The van der Waals surface area contributed by atoms with Crippen LogP contribution in [0.2, 0.25) is 0 Å². The molecule has 2 bridgehead atoms. The number of alkyl carbamates (subject to hydrolysis) is 1. The number of esters is 1. The van der Waals surface area contributed by atoms with E-state index in [1.165, 1.54) is 0 Å². The van der Waals surface area contributed by atoms with E-state index in [1.807, 2.05) is 0 Å². The second kappa shape index (κ2) is 8.39. The van der Waals surface area contributed by atoms with E-state index in [1.54, 1.807) is 0 Å². The Morgan fingerprint density at radius 1 is 1.23 bits per heavy atom. The van der Waals surface area contributed by atoms with Crippen LogP contribution in [0.3, 0.4) is 0 Å². The van der Waals surface area contributed by atoms with Crippen LogP contribution < -0.4 is 5.32 Å². The van der Waals surface area contributed by atoms with Crippen LogP contribution in [0.25, 0.3) is 0 Å². The van der Waals surface area contributed by atoms with Crippen molar-refractivity contribution in [2.24, 2.45) is 5.92 Å². The first-order chi connectivity index (χ1) is 12.4. The van der Waals surface area contributed by atoms with E-state index in [2.05, 4.69) is 24.4 Å². The van der Waals surface area contributed by atoms with Gasteiger partial charge in [0.2, 0.25) is 0 Å². The zero-order valence-corrected chi connectivity index (χ0v) is 15.3. The summed E-state index contributed by atoms with van der Waals surface area (Å²) in [5.74, 6) is -1.40. The number of allylic oxidation sites excluding steroid dienone is 2. The highest BCUT2D eigenvalue weighted by atomic mass is 16.6. The minimum atomic E-state index is -1.59. The van der Waals surface area contributed by atoms with Crippen LogP contribution in [0, 0.1) is 5.92 Å². The summed E-state index contributed by atoms with van der Waals surface area (Å²) >= 11 is 0. The van der Waals surface area contributed by atoms with Crippen molar-refractivity contribution in [3.63, 3.8) is 0 Å². The molecule has 2 saturated heterocycles. The van der Waals surface area contributed by atoms with Crippen LogP contribution >= 0.6 is 0 Å². The molecule has 3 heterocycles. The minimum absolute atomic E-state index is 0.0435. The zero-order valence-electron chi connectivity index (χ0n) is 15.3.